The van der Waals surface area contributed by atoms with Gasteiger partial charge in [0.05, 0.1) is 0 Å². The molecule has 0 bridgehead atoms. The maximum Gasteiger partial charge on any atom is 0.257 e. The van der Waals surface area contributed by atoms with Crippen molar-refractivity contribution < 1.29 is 0 Å². The minimum Gasteiger partial charge on any atom is -0.100 e. The average Bonchev–Trinajstić information content (AvgIpc) is 3.24. The summed E-state index contributed by atoms with van der Waals surface area (Å²) in [7, 11) is 1.53. The molecule has 0 N–H and O–H groups in total. The lowest BCUT2D eigenvalue weighted by Crippen LogP contribution is -2.54. The van der Waals surface area contributed by atoms with Crippen LogP contribution in [0.3, 0.4) is 0 Å². The highest BCUT2D eigenvalue weighted by molar-refractivity contribution is 5.10. The molecule has 0 radical (unpaired) electrons. The lowest BCUT2D eigenvalue weighted by Gasteiger charge is -2.62. The molecule has 0 spiro atoms. The van der Waals surface area contributed by atoms with Gasteiger partial charge in [-0.3, -0.25) is 0 Å². The van der Waals surface area contributed by atoms with E-state index >= 15 is 0 Å². The van der Waals surface area contributed by atoms with Crippen LogP contribution in [0, 0.1) is 58.3 Å². The van der Waals surface area contributed by atoms with Crippen molar-refractivity contribution in [2.45, 2.75) is 160 Å². The van der Waals surface area contributed by atoms with Crippen molar-refractivity contribution in [3.05, 3.63) is 17.0 Å². The summed E-state index contributed by atoms with van der Waals surface area (Å²) in [5, 5.41) is 0. The van der Waals surface area contributed by atoms with E-state index in [0.29, 0.717) is 16.2 Å². The zero-order chi connectivity index (χ0) is 29.7. The topological polar surface area (TPSA) is 4.36 Å². The first-order valence-electron chi connectivity index (χ1n) is 16.8. The number of nitrogens with zero attached hydrogens (tertiary/aromatic N) is 1. The predicted octanol–water partition coefficient (Wildman–Crippen LogP) is 12.7. The van der Waals surface area contributed by atoms with E-state index in [4.69, 9.17) is 0 Å². The molecule has 4 aliphatic rings. The molecule has 38 heavy (non-hydrogen) atoms. The van der Waals surface area contributed by atoms with Gasteiger partial charge in [-0.25, -0.2) is 0 Å². The van der Waals surface area contributed by atoms with E-state index in [9.17, 15) is 0 Å². The van der Waals surface area contributed by atoms with Gasteiger partial charge in [-0.15, -0.1) is 6.58 Å². The molecule has 0 amide bonds. The lowest BCUT2D eigenvalue weighted by atomic mass is 9.42. The van der Waals surface area contributed by atoms with Crippen molar-refractivity contribution in [3.8, 4) is 6.57 Å². The zero-order valence-corrected chi connectivity index (χ0v) is 28.7. The number of fused-ring (bicyclic) bond motifs is 5. The van der Waals surface area contributed by atoms with Crippen molar-refractivity contribution in [3.63, 3.8) is 0 Å². The van der Waals surface area contributed by atoms with Crippen LogP contribution in [0.15, 0.2) is 12.2 Å². The molecule has 0 aromatic rings. The summed E-state index contributed by atoms with van der Waals surface area (Å²) >= 11 is 0. The first kappa shape index (κ1) is 37.2. The number of hydrogen-bond donors (Lipinski definition) is 0. The van der Waals surface area contributed by atoms with Gasteiger partial charge in [0, 0.05) is 0 Å². The fourth-order valence-corrected chi connectivity index (χ4v) is 9.62. The normalized spacial score (nSPS) is 39.1. The van der Waals surface area contributed by atoms with Crippen LogP contribution in [0.4, 0.5) is 0 Å². The molecule has 1 nitrogen and oxygen atoms in total. The molecule has 0 aromatic carbocycles. The van der Waals surface area contributed by atoms with Crippen LogP contribution >= 0.6 is 0 Å². The molecule has 4 fully saturated rings. The summed E-state index contributed by atoms with van der Waals surface area (Å²) in [5.41, 5.74) is 3.17. The van der Waals surface area contributed by atoms with E-state index in [1.807, 2.05) is 41.5 Å². The summed E-state index contributed by atoms with van der Waals surface area (Å²) in [6.45, 7) is 35.4. The Morgan fingerprint density at radius 1 is 0.868 bits per heavy atom. The summed E-state index contributed by atoms with van der Waals surface area (Å²) < 4.78 is 0. The van der Waals surface area contributed by atoms with E-state index in [2.05, 4.69) is 59.5 Å². The molecule has 224 valence electrons. The van der Waals surface area contributed by atoms with Gasteiger partial charge in [-0.05, 0) is 130 Å². The van der Waals surface area contributed by atoms with Crippen LogP contribution < -0.4 is 0 Å². The summed E-state index contributed by atoms with van der Waals surface area (Å²) in [5.74, 6) is 6.15. The monoisotopic (exact) mass is 531 g/mol. The average molecular weight is 531 g/mol. The van der Waals surface area contributed by atoms with Gasteiger partial charge in [-0.1, -0.05) is 92.5 Å². The molecule has 0 heterocycles. The molecule has 4 rings (SSSR count). The number of allylic oxidation sites excluding steroid dienone is 1. The van der Waals surface area contributed by atoms with Gasteiger partial charge in [0.2, 0.25) is 0 Å². The third-order valence-corrected chi connectivity index (χ3v) is 11.3. The molecule has 1 heteroatoms. The van der Waals surface area contributed by atoms with Gasteiger partial charge in [0.25, 0.3) is 13.6 Å². The van der Waals surface area contributed by atoms with Gasteiger partial charge in [-0.2, -0.15) is 0 Å². The Morgan fingerprint density at radius 2 is 1.39 bits per heavy atom. The van der Waals surface area contributed by atoms with Gasteiger partial charge < -0.3 is 0 Å². The smallest absolute Gasteiger partial charge is 0.100 e. The second-order valence-electron chi connectivity index (χ2n) is 14.0. The Morgan fingerprint density at radius 3 is 1.89 bits per heavy atom. The van der Waals surface area contributed by atoms with Gasteiger partial charge in [0.15, 0.2) is 0 Å². The maximum atomic E-state index is 4.47. The summed E-state index contributed by atoms with van der Waals surface area (Å²) in [6.07, 6.45) is 18.1. The van der Waals surface area contributed by atoms with E-state index < -0.39 is 0 Å². The fraction of sp³-hybridized carbons (Fsp3) is 0.919. The van der Waals surface area contributed by atoms with Crippen LogP contribution in [0.5, 0.6) is 0 Å². The molecule has 0 aliphatic heterocycles. The standard InChI is InChI=1S/C27H48.C4H8.C2H4N.2C2H6/c1-7-14-25(4)16-17-26(5)20(18-25)9-10-21-23-12-11-22(19(3)8-2)27(23,6)15-13-24(21)26;1-4(2)3;1-3-2;2*1-2/h19-24H,7-18H2,1-6H3;1H2,2-3H3;1H,2H3;2*1-2H3/q;;+1;;/t19?,20?,21?,22-,23?,24?,25+,26?,27?;;;;/m1..../s1. The van der Waals surface area contributed by atoms with Gasteiger partial charge >= 0.3 is 0 Å². The Labute approximate surface area is 242 Å². The molecule has 9 atom stereocenters. The van der Waals surface area contributed by atoms with Crippen molar-refractivity contribution in [1.29, 1.82) is 0 Å². The van der Waals surface area contributed by atoms with Gasteiger partial charge in [0.1, 0.15) is 0 Å². The zero-order valence-electron chi connectivity index (χ0n) is 28.7. The van der Waals surface area contributed by atoms with Crippen molar-refractivity contribution in [2.75, 3.05) is 7.05 Å². The van der Waals surface area contributed by atoms with E-state index in [1.54, 1.807) is 32.1 Å². The quantitative estimate of drug-likeness (QED) is 0.318. The lowest BCUT2D eigenvalue weighted by molar-refractivity contribution is -0.132. The van der Waals surface area contributed by atoms with Crippen LogP contribution in [0.2, 0.25) is 0 Å². The van der Waals surface area contributed by atoms with Crippen LogP contribution in [0.25, 0.3) is 4.85 Å². The molecular formula is C37H72N+. The van der Waals surface area contributed by atoms with E-state index in [0.717, 1.165) is 35.5 Å². The fourth-order valence-electron chi connectivity index (χ4n) is 9.62. The number of hydrogen-bond acceptors (Lipinski definition) is 0. The number of rotatable bonds is 4. The third-order valence-electron chi connectivity index (χ3n) is 11.3. The van der Waals surface area contributed by atoms with Crippen LogP contribution in [-0.4, -0.2) is 7.05 Å². The molecular weight excluding hydrogens is 458 g/mol. The van der Waals surface area contributed by atoms with Crippen molar-refractivity contribution >= 4 is 0 Å². The predicted molar refractivity (Wildman–Crippen MR) is 175 cm³/mol. The Balaban J connectivity index is 0.00000108. The molecule has 4 saturated carbocycles. The highest BCUT2D eigenvalue weighted by Crippen LogP contribution is 2.69. The van der Waals surface area contributed by atoms with E-state index in [-0.39, 0.29) is 0 Å². The molecule has 7 unspecified atom stereocenters. The highest BCUT2D eigenvalue weighted by Gasteiger charge is 2.61. The van der Waals surface area contributed by atoms with E-state index in [1.165, 1.54) is 57.6 Å². The first-order chi connectivity index (χ1) is 17.9. The second kappa shape index (κ2) is 17.1. The van der Waals surface area contributed by atoms with Crippen molar-refractivity contribution in [2.24, 2.45) is 51.8 Å². The molecule has 0 saturated heterocycles. The Bertz CT molecular complexity index is 698. The third kappa shape index (κ3) is 8.61. The Hall–Kier alpha value is -0.770. The second-order valence-corrected chi connectivity index (χ2v) is 14.0. The minimum absolute atomic E-state index is 0.657. The SMILES string of the molecule is C#[N+]C.C=C(C)C.CC.CC.CCC[C@@]1(C)CCC2(C)C(CCC3C2CCC2(C)C3CC[C@@H]2C(C)CC)C1. The van der Waals surface area contributed by atoms with Crippen molar-refractivity contribution in [1.82, 2.24) is 0 Å². The largest absolute Gasteiger partial charge is 0.257 e. The first-order valence-corrected chi connectivity index (χ1v) is 16.8. The highest BCUT2D eigenvalue weighted by atomic mass is 14.7. The maximum absolute atomic E-state index is 4.47. The Kier molecular flexibility index (Phi) is 16.8. The van der Waals surface area contributed by atoms with Crippen LogP contribution in [0.1, 0.15) is 160 Å². The minimum atomic E-state index is 0.657. The summed E-state index contributed by atoms with van der Waals surface area (Å²) in [6, 6.07) is 0. The van der Waals surface area contributed by atoms with Crippen LogP contribution in [-0.2, 0) is 0 Å². The molecule has 0 aromatic heterocycles. The molecule has 4 aliphatic carbocycles. The summed E-state index contributed by atoms with van der Waals surface area (Å²) in [4.78, 5) is 3.00.